The molecular weight excluding hydrogens is 959 g/mol. The first-order chi connectivity index (χ1) is 32.1. The Bertz CT molecular complexity index is 2590. The molecule has 0 amide bonds. The Kier molecular flexibility index (Phi) is 19.8. The van der Waals surface area contributed by atoms with Crippen molar-refractivity contribution in [2.45, 2.75) is 145 Å². The number of fused-ring (bicyclic) bond motifs is 2. The Morgan fingerprint density at radius 2 is 0.691 bits per heavy atom. The van der Waals surface area contributed by atoms with Gasteiger partial charge in [-0.1, -0.05) is 230 Å². The van der Waals surface area contributed by atoms with Crippen molar-refractivity contribution in [3.8, 4) is 44.5 Å². The molecular formula is C64H76Cl2SiZr. The third-order valence-electron chi connectivity index (χ3n) is 12.9. The van der Waals surface area contributed by atoms with Crippen LogP contribution in [-0.4, -0.2) is 9.52 Å². The van der Waals surface area contributed by atoms with Gasteiger partial charge in [-0.3, -0.25) is 0 Å². The summed E-state index contributed by atoms with van der Waals surface area (Å²) in [5.74, 6) is 2.01. The summed E-state index contributed by atoms with van der Waals surface area (Å²) in [6.07, 6.45) is 0. The molecule has 0 saturated heterocycles. The number of hydrogen-bond donors (Lipinski definition) is 0. The molecule has 0 aliphatic rings. The summed E-state index contributed by atoms with van der Waals surface area (Å²) in [6, 6.07) is 55.0. The molecule has 0 nitrogen and oxygen atoms in total. The Labute approximate surface area is 433 Å². The van der Waals surface area contributed by atoms with E-state index in [1.165, 1.54) is 99.4 Å². The number of rotatable bonds is 8. The first-order valence-electron chi connectivity index (χ1n) is 24.6. The van der Waals surface area contributed by atoms with E-state index in [0.29, 0.717) is 23.7 Å². The molecule has 0 bridgehead atoms. The third kappa shape index (κ3) is 13.8. The first-order valence-corrected chi connectivity index (χ1v) is 32.9. The summed E-state index contributed by atoms with van der Waals surface area (Å²) < 4.78 is 0. The van der Waals surface area contributed by atoms with Crippen molar-refractivity contribution in [2.75, 3.05) is 0 Å². The van der Waals surface area contributed by atoms with Gasteiger partial charge in [0, 0.05) is 9.52 Å². The quantitative estimate of drug-likeness (QED) is 0.105. The first kappa shape index (κ1) is 55.2. The van der Waals surface area contributed by atoms with Gasteiger partial charge in [0.05, 0.1) is 0 Å². The second-order valence-electron chi connectivity index (χ2n) is 21.7. The van der Waals surface area contributed by atoms with Gasteiger partial charge in [0.2, 0.25) is 0 Å². The topological polar surface area (TPSA) is 0 Å². The van der Waals surface area contributed by atoms with Crippen molar-refractivity contribution < 1.29 is 20.8 Å². The van der Waals surface area contributed by atoms with Crippen LogP contribution in [0.15, 0.2) is 146 Å². The normalized spacial score (nSPS) is 11.6. The van der Waals surface area contributed by atoms with Gasteiger partial charge in [-0.2, -0.15) is 12.1 Å². The average Bonchev–Trinajstić information content (AvgIpc) is 3.96. The minimum atomic E-state index is -0.826. The van der Waals surface area contributed by atoms with E-state index in [-0.39, 0.29) is 10.8 Å². The van der Waals surface area contributed by atoms with Crippen LogP contribution < -0.4 is 0 Å². The Hall–Kier alpha value is -3.78. The number of benzene rings is 6. The van der Waals surface area contributed by atoms with Crippen LogP contribution in [0.5, 0.6) is 0 Å². The van der Waals surface area contributed by atoms with E-state index < -0.39 is 20.8 Å². The summed E-state index contributed by atoms with van der Waals surface area (Å²) >= 11 is -0.826. The predicted molar refractivity (Wildman–Crippen MR) is 304 cm³/mol. The summed E-state index contributed by atoms with van der Waals surface area (Å²) in [5.41, 5.74) is 19.3. The molecule has 8 aromatic rings. The van der Waals surface area contributed by atoms with Gasteiger partial charge in [-0.15, -0.1) is 56.9 Å². The van der Waals surface area contributed by atoms with Crippen LogP contribution in [0.25, 0.3) is 66.1 Å². The molecule has 0 spiro atoms. The molecule has 68 heavy (non-hydrogen) atoms. The summed E-state index contributed by atoms with van der Waals surface area (Å²) in [5, 5.41) is 5.39. The molecule has 8 aromatic carbocycles. The SMILES string of the molecule is CC(C)c1cc(-c2c(-c3ccccc3)ccc3[cH-]c(C(C)(C)C)cc23)cc(C(C)C)c1.CC(C)c1cc(-c2c(-c3ccccc3)ccc3[cH-]c(C(C)(C)C)cc23)cc(C(C)C)c1.C[Si]C.[Cl][Zr+2][Cl]. The summed E-state index contributed by atoms with van der Waals surface area (Å²) in [6.45, 7) is 36.5. The van der Waals surface area contributed by atoms with Crippen LogP contribution in [0.1, 0.15) is 154 Å². The predicted octanol–water partition coefficient (Wildman–Crippen LogP) is 21.0. The molecule has 0 unspecified atom stereocenters. The molecule has 0 saturated carbocycles. The van der Waals surface area contributed by atoms with E-state index >= 15 is 0 Å². The maximum atomic E-state index is 4.93. The fraction of sp³-hybridized carbons (Fsp3) is 0.344. The number of hydrogen-bond acceptors (Lipinski definition) is 0. The zero-order valence-corrected chi connectivity index (χ0v) is 48.9. The molecule has 8 rings (SSSR count). The van der Waals surface area contributed by atoms with Crippen molar-refractivity contribution in [1.29, 1.82) is 0 Å². The second-order valence-corrected chi connectivity index (χ2v) is 26.4. The van der Waals surface area contributed by atoms with Gasteiger partial charge in [0.25, 0.3) is 0 Å². The zero-order chi connectivity index (χ0) is 50.1. The van der Waals surface area contributed by atoms with Gasteiger partial charge in [-0.25, -0.2) is 0 Å². The molecule has 0 heterocycles. The van der Waals surface area contributed by atoms with Crippen molar-refractivity contribution in [3.05, 3.63) is 179 Å². The van der Waals surface area contributed by atoms with Gasteiger partial charge < -0.3 is 0 Å². The van der Waals surface area contributed by atoms with E-state index in [2.05, 4.69) is 256 Å². The molecule has 0 N–H and O–H groups in total. The Morgan fingerprint density at radius 3 is 0.941 bits per heavy atom. The van der Waals surface area contributed by atoms with Crippen LogP contribution in [0, 0.1) is 0 Å². The van der Waals surface area contributed by atoms with Crippen LogP contribution in [-0.2, 0) is 31.7 Å². The Balaban J connectivity index is 0.000000228. The summed E-state index contributed by atoms with van der Waals surface area (Å²) in [7, 11) is 11.0. The van der Waals surface area contributed by atoms with Gasteiger partial charge in [0.15, 0.2) is 0 Å². The fourth-order valence-electron chi connectivity index (χ4n) is 8.74. The van der Waals surface area contributed by atoms with Crippen molar-refractivity contribution in [1.82, 2.24) is 0 Å². The van der Waals surface area contributed by atoms with Crippen LogP contribution in [0.3, 0.4) is 0 Å². The van der Waals surface area contributed by atoms with Crippen LogP contribution in [0.4, 0.5) is 0 Å². The van der Waals surface area contributed by atoms with Crippen LogP contribution >= 0.6 is 17.0 Å². The summed E-state index contributed by atoms with van der Waals surface area (Å²) in [4.78, 5) is 0. The fourth-order valence-corrected chi connectivity index (χ4v) is 8.74. The molecule has 0 atom stereocenters. The van der Waals surface area contributed by atoms with Gasteiger partial charge in [0.1, 0.15) is 0 Å². The molecule has 0 aromatic heterocycles. The minimum absolute atomic E-state index is 0.131. The van der Waals surface area contributed by atoms with Crippen molar-refractivity contribution in [3.63, 3.8) is 0 Å². The number of halogens is 2. The second kappa shape index (κ2) is 24.4. The monoisotopic (exact) mass is 1030 g/mol. The van der Waals surface area contributed by atoms with E-state index in [4.69, 9.17) is 17.0 Å². The molecule has 0 aliphatic carbocycles. The van der Waals surface area contributed by atoms with E-state index in [0.717, 1.165) is 9.52 Å². The van der Waals surface area contributed by atoms with Crippen LogP contribution in [0.2, 0.25) is 13.1 Å². The third-order valence-corrected chi connectivity index (χ3v) is 12.9. The van der Waals surface area contributed by atoms with Gasteiger partial charge >= 0.3 is 37.9 Å². The van der Waals surface area contributed by atoms with E-state index in [1.807, 2.05) is 0 Å². The average molecular weight is 1040 g/mol. The Morgan fingerprint density at radius 1 is 0.412 bits per heavy atom. The molecule has 2 radical (unpaired) electrons. The van der Waals surface area contributed by atoms with E-state index in [9.17, 15) is 0 Å². The standard InChI is InChI=1S/2C31H35.C2H6Si.2ClH.Zr/c2*1-20(2)24-15-25(21(3)4)17-26(16-24)30-28(22-11-9-8-10-12-22)14-13-23-18-27(19-29(23)30)31(5,6)7;1-3-2;;;/h2*8-21H,1-7H3;1-2H3;2*1H;/q2*-1;;;;+4/p-2. The molecule has 354 valence electrons. The molecule has 4 heteroatoms. The molecule has 0 aliphatic heterocycles. The van der Waals surface area contributed by atoms with Crippen molar-refractivity contribution in [2.24, 2.45) is 0 Å². The van der Waals surface area contributed by atoms with Gasteiger partial charge in [-0.05, 0) is 90.1 Å². The van der Waals surface area contributed by atoms with Crippen molar-refractivity contribution >= 4 is 48.1 Å². The van der Waals surface area contributed by atoms with E-state index in [1.54, 1.807) is 0 Å². The molecule has 0 fully saturated rings. The maximum absolute atomic E-state index is 4.93. The zero-order valence-electron chi connectivity index (χ0n) is 43.9.